The number of aliphatic imine (C=N–C) groups is 1. The van der Waals surface area contributed by atoms with Crippen LogP contribution in [0.25, 0.3) is 0 Å². The highest BCUT2D eigenvalue weighted by molar-refractivity contribution is 14.0. The number of halogens is 2. The van der Waals surface area contributed by atoms with Crippen LogP contribution in [0, 0.1) is 24.1 Å². The van der Waals surface area contributed by atoms with E-state index in [0.29, 0.717) is 23.6 Å². The van der Waals surface area contributed by atoms with E-state index in [2.05, 4.69) is 20.6 Å². The van der Waals surface area contributed by atoms with Crippen LogP contribution < -0.4 is 10.6 Å². The molecule has 2 rings (SSSR count). The van der Waals surface area contributed by atoms with E-state index in [9.17, 15) is 4.39 Å². The van der Waals surface area contributed by atoms with Gasteiger partial charge in [0.15, 0.2) is 5.96 Å². The third-order valence-electron chi connectivity index (χ3n) is 2.92. The first-order chi connectivity index (χ1) is 10.6. The summed E-state index contributed by atoms with van der Waals surface area (Å²) in [6.07, 6.45) is 1.82. The van der Waals surface area contributed by atoms with Crippen LogP contribution in [0.3, 0.4) is 0 Å². The number of benzene rings is 1. The predicted molar refractivity (Wildman–Crippen MR) is 100 cm³/mol. The standard InChI is InChI=1S/C15H16FN5S.HI/c1-10-7-19-14(22-10)9-21-15(18-2)20-8-12-5-11(6-17)3-4-13(12)16;/h3-5,7H,8-9H2,1-2H3,(H2,18,20,21);1H. The summed E-state index contributed by atoms with van der Waals surface area (Å²) in [6.45, 7) is 2.80. The van der Waals surface area contributed by atoms with Crippen LogP contribution in [0.5, 0.6) is 0 Å². The SMILES string of the molecule is CN=C(NCc1ncc(C)s1)NCc1cc(C#N)ccc1F.I. The van der Waals surface area contributed by atoms with E-state index in [-0.39, 0.29) is 36.3 Å². The molecule has 0 amide bonds. The lowest BCUT2D eigenvalue weighted by Crippen LogP contribution is -2.36. The number of hydrogen-bond donors (Lipinski definition) is 2. The second kappa shape index (κ2) is 9.42. The quantitative estimate of drug-likeness (QED) is 0.431. The number of hydrogen-bond acceptors (Lipinski definition) is 4. The average molecular weight is 445 g/mol. The second-order valence-corrected chi connectivity index (χ2v) is 5.88. The van der Waals surface area contributed by atoms with E-state index in [0.717, 1.165) is 9.88 Å². The summed E-state index contributed by atoms with van der Waals surface area (Å²) in [6, 6.07) is 6.28. The van der Waals surface area contributed by atoms with E-state index in [1.54, 1.807) is 18.4 Å². The maximum atomic E-state index is 13.7. The van der Waals surface area contributed by atoms with Crippen molar-refractivity contribution in [2.24, 2.45) is 4.99 Å². The summed E-state index contributed by atoms with van der Waals surface area (Å²) >= 11 is 1.61. The fourth-order valence-corrected chi connectivity index (χ4v) is 2.55. The van der Waals surface area contributed by atoms with Gasteiger partial charge in [0.05, 0.1) is 18.2 Å². The molecule has 0 unspecified atom stereocenters. The molecular weight excluding hydrogens is 428 g/mol. The van der Waals surface area contributed by atoms with Crippen LogP contribution in [-0.2, 0) is 13.1 Å². The van der Waals surface area contributed by atoms with Gasteiger partial charge in [0.2, 0.25) is 0 Å². The average Bonchev–Trinajstić information content (AvgIpc) is 2.94. The van der Waals surface area contributed by atoms with Gasteiger partial charge in [-0.05, 0) is 25.1 Å². The Bertz CT molecular complexity index is 723. The fourth-order valence-electron chi connectivity index (χ4n) is 1.82. The van der Waals surface area contributed by atoms with Crippen LogP contribution in [0.1, 0.15) is 21.0 Å². The molecule has 2 N–H and O–H groups in total. The zero-order valence-corrected chi connectivity index (χ0v) is 15.9. The third kappa shape index (κ3) is 5.76. The number of nitrogens with zero attached hydrogens (tertiary/aromatic N) is 3. The number of thiazole rings is 1. The molecule has 0 aliphatic carbocycles. The minimum atomic E-state index is -0.350. The summed E-state index contributed by atoms with van der Waals surface area (Å²) in [4.78, 5) is 9.48. The molecule has 5 nitrogen and oxygen atoms in total. The van der Waals surface area contributed by atoms with Crippen molar-refractivity contribution >= 4 is 41.3 Å². The van der Waals surface area contributed by atoms with Gasteiger partial charge < -0.3 is 10.6 Å². The molecule has 0 aliphatic rings. The van der Waals surface area contributed by atoms with Crippen LogP contribution in [0.2, 0.25) is 0 Å². The summed E-state index contributed by atoms with van der Waals surface area (Å²) in [5.41, 5.74) is 0.853. The van der Waals surface area contributed by atoms with Crippen molar-refractivity contribution in [2.45, 2.75) is 20.0 Å². The lowest BCUT2D eigenvalue weighted by atomic mass is 10.1. The molecule has 0 fully saturated rings. The lowest BCUT2D eigenvalue weighted by molar-refractivity contribution is 0.604. The largest absolute Gasteiger partial charge is 0.352 e. The number of aromatic nitrogens is 1. The number of nitrogens with one attached hydrogen (secondary N) is 2. The summed E-state index contributed by atoms with van der Waals surface area (Å²) in [5.74, 6) is 0.201. The predicted octanol–water partition coefficient (Wildman–Crippen LogP) is 2.95. The van der Waals surface area contributed by atoms with Crippen molar-refractivity contribution in [1.82, 2.24) is 15.6 Å². The molecule has 0 saturated carbocycles. The molecule has 23 heavy (non-hydrogen) atoms. The smallest absolute Gasteiger partial charge is 0.191 e. The normalized spacial score (nSPS) is 10.6. The van der Waals surface area contributed by atoms with Crippen molar-refractivity contribution in [2.75, 3.05) is 7.05 Å². The minimum Gasteiger partial charge on any atom is -0.352 e. The summed E-state index contributed by atoms with van der Waals surface area (Å²) in [5, 5.41) is 15.9. The molecule has 0 saturated heterocycles. The summed E-state index contributed by atoms with van der Waals surface area (Å²) in [7, 11) is 1.64. The lowest BCUT2D eigenvalue weighted by Gasteiger charge is -2.11. The van der Waals surface area contributed by atoms with E-state index in [4.69, 9.17) is 5.26 Å². The Hall–Kier alpha value is -1.73. The van der Waals surface area contributed by atoms with E-state index >= 15 is 0 Å². The van der Waals surface area contributed by atoms with Crippen molar-refractivity contribution < 1.29 is 4.39 Å². The van der Waals surface area contributed by atoms with Crippen molar-refractivity contribution in [1.29, 1.82) is 5.26 Å². The fraction of sp³-hybridized carbons (Fsp3) is 0.267. The highest BCUT2D eigenvalue weighted by atomic mass is 127. The number of guanidine groups is 1. The first kappa shape index (κ1) is 19.3. The zero-order valence-electron chi connectivity index (χ0n) is 12.8. The first-order valence-electron chi connectivity index (χ1n) is 6.66. The number of rotatable bonds is 4. The minimum absolute atomic E-state index is 0. The van der Waals surface area contributed by atoms with Gasteiger partial charge in [-0.25, -0.2) is 9.37 Å². The molecule has 0 spiro atoms. The van der Waals surface area contributed by atoms with Gasteiger partial charge in [-0.3, -0.25) is 4.99 Å². The highest BCUT2D eigenvalue weighted by Crippen LogP contribution is 2.11. The monoisotopic (exact) mass is 445 g/mol. The molecule has 1 heterocycles. The van der Waals surface area contributed by atoms with Gasteiger partial charge >= 0.3 is 0 Å². The summed E-state index contributed by atoms with van der Waals surface area (Å²) < 4.78 is 13.7. The Morgan fingerprint density at radius 3 is 2.74 bits per heavy atom. The van der Waals surface area contributed by atoms with Gasteiger partial charge in [-0.2, -0.15) is 5.26 Å². The Balaban J connectivity index is 0.00000264. The molecule has 2 aromatic rings. The Morgan fingerprint density at radius 2 is 2.13 bits per heavy atom. The van der Waals surface area contributed by atoms with E-state index in [1.165, 1.54) is 18.2 Å². The van der Waals surface area contributed by atoms with E-state index in [1.807, 2.05) is 19.2 Å². The van der Waals surface area contributed by atoms with Gasteiger partial charge in [0.1, 0.15) is 10.8 Å². The molecule has 0 atom stereocenters. The topological polar surface area (TPSA) is 73.1 Å². The Morgan fingerprint density at radius 1 is 1.39 bits per heavy atom. The zero-order chi connectivity index (χ0) is 15.9. The molecule has 1 aromatic heterocycles. The van der Waals surface area contributed by atoms with Gasteiger partial charge in [0.25, 0.3) is 0 Å². The maximum absolute atomic E-state index is 13.7. The van der Waals surface area contributed by atoms with E-state index < -0.39 is 0 Å². The van der Waals surface area contributed by atoms with Crippen LogP contribution in [0.4, 0.5) is 4.39 Å². The van der Waals surface area contributed by atoms with Gasteiger partial charge in [-0.15, -0.1) is 35.3 Å². The van der Waals surface area contributed by atoms with Gasteiger partial charge in [-0.1, -0.05) is 0 Å². The number of aryl methyl sites for hydroxylation is 1. The third-order valence-corrected chi connectivity index (χ3v) is 3.83. The van der Waals surface area contributed by atoms with Crippen LogP contribution in [-0.4, -0.2) is 18.0 Å². The maximum Gasteiger partial charge on any atom is 0.191 e. The molecule has 8 heteroatoms. The molecule has 1 aromatic carbocycles. The molecule has 0 bridgehead atoms. The van der Waals surface area contributed by atoms with Gasteiger partial charge in [0, 0.05) is 30.2 Å². The Kier molecular flexibility index (Phi) is 7.91. The molecule has 122 valence electrons. The van der Waals surface area contributed by atoms with Crippen LogP contribution in [0.15, 0.2) is 29.4 Å². The molecule has 0 aliphatic heterocycles. The second-order valence-electron chi connectivity index (χ2n) is 4.56. The molecular formula is C15H17FIN5S. The Labute approximate surface area is 155 Å². The highest BCUT2D eigenvalue weighted by Gasteiger charge is 2.06. The van der Waals surface area contributed by atoms with Crippen molar-refractivity contribution in [3.05, 3.63) is 51.2 Å². The van der Waals surface area contributed by atoms with Crippen molar-refractivity contribution in [3.63, 3.8) is 0 Å². The first-order valence-corrected chi connectivity index (χ1v) is 7.48. The van der Waals surface area contributed by atoms with Crippen LogP contribution >= 0.6 is 35.3 Å². The number of nitriles is 1. The van der Waals surface area contributed by atoms with Crippen molar-refractivity contribution in [3.8, 4) is 6.07 Å². The molecule has 0 radical (unpaired) electrons.